The van der Waals surface area contributed by atoms with Gasteiger partial charge in [-0.25, -0.2) is 8.42 Å². The van der Waals surface area contributed by atoms with Gasteiger partial charge in [-0.05, 0) is 38.0 Å². The predicted octanol–water partition coefficient (Wildman–Crippen LogP) is 2.63. The minimum absolute atomic E-state index is 0.155. The monoisotopic (exact) mass is 436 g/mol. The zero-order valence-corrected chi connectivity index (χ0v) is 18.4. The van der Waals surface area contributed by atoms with Crippen LogP contribution in [0.5, 0.6) is 0 Å². The van der Waals surface area contributed by atoms with E-state index in [9.17, 15) is 13.2 Å². The molecule has 0 unspecified atom stereocenters. The summed E-state index contributed by atoms with van der Waals surface area (Å²) >= 11 is 6.12. The molecule has 0 saturated carbocycles. The van der Waals surface area contributed by atoms with Crippen molar-refractivity contribution in [2.24, 2.45) is 7.05 Å². The number of amides is 1. The topological polar surface area (TPSA) is 75.5 Å². The second kappa shape index (κ2) is 8.69. The molecule has 2 aromatic rings. The number of aryl methyl sites for hydroxylation is 2. The zero-order valence-electron chi connectivity index (χ0n) is 16.8. The molecular weight excluding hydrogens is 412 g/mol. The lowest BCUT2D eigenvalue weighted by molar-refractivity contribution is -0.125. The number of halogens is 1. The summed E-state index contributed by atoms with van der Waals surface area (Å²) in [6.07, 6.45) is 3.75. The van der Waals surface area contributed by atoms with Crippen molar-refractivity contribution in [1.29, 1.82) is 0 Å². The van der Waals surface area contributed by atoms with Crippen LogP contribution in [0.2, 0.25) is 5.02 Å². The summed E-state index contributed by atoms with van der Waals surface area (Å²) in [4.78, 5) is 14.5. The molecule has 2 heterocycles. The van der Waals surface area contributed by atoms with Gasteiger partial charge in [0, 0.05) is 44.3 Å². The Morgan fingerprint density at radius 1 is 1.14 bits per heavy atom. The molecule has 1 fully saturated rings. The van der Waals surface area contributed by atoms with Crippen molar-refractivity contribution in [2.75, 3.05) is 26.2 Å². The molecule has 29 heavy (non-hydrogen) atoms. The highest BCUT2D eigenvalue weighted by Crippen LogP contribution is 2.24. The van der Waals surface area contributed by atoms with Crippen molar-refractivity contribution >= 4 is 33.6 Å². The van der Waals surface area contributed by atoms with Crippen LogP contribution in [0, 0.1) is 13.8 Å². The number of carbonyl (C=O) groups excluding carboxylic acids is 1. The van der Waals surface area contributed by atoms with Crippen molar-refractivity contribution in [3.8, 4) is 0 Å². The maximum Gasteiger partial charge on any atom is 0.246 e. The molecule has 1 aliphatic heterocycles. The Hall–Kier alpha value is -2.16. The standard InChI is InChI=1S/C20H25ClN4O3S/c1-15-20(16(2)23(3)22-15)29(27,28)25-12-6-11-24(13-14-25)19(26)10-9-17-7-4-5-8-18(17)21/h4-5,7-10H,6,11-14H2,1-3H3. The fraction of sp³-hybridized carbons (Fsp3) is 0.400. The first-order valence-corrected chi connectivity index (χ1v) is 11.3. The van der Waals surface area contributed by atoms with E-state index < -0.39 is 10.0 Å². The van der Waals surface area contributed by atoms with Crippen LogP contribution in [0.3, 0.4) is 0 Å². The van der Waals surface area contributed by atoms with E-state index in [4.69, 9.17) is 11.6 Å². The fourth-order valence-electron chi connectivity index (χ4n) is 3.49. The van der Waals surface area contributed by atoms with Crippen molar-refractivity contribution in [1.82, 2.24) is 19.0 Å². The fourth-order valence-corrected chi connectivity index (χ4v) is 5.56. The first-order chi connectivity index (χ1) is 13.7. The lowest BCUT2D eigenvalue weighted by Gasteiger charge is -2.21. The smallest absolute Gasteiger partial charge is 0.246 e. The Labute approximate surface area is 176 Å². The van der Waals surface area contributed by atoms with Crippen LogP contribution in [-0.4, -0.2) is 59.5 Å². The molecule has 0 atom stereocenters. The van der Waals surface area contributed by atoms with Crippen LogP contribution in [0.1, 0.15) is 23.4 Å². The predicted molar refractivity (Wildman–Crippen MR) is 113 cm³/mol. The number of benzene rings is 1. The maximum absolute atomic E-state index is 13.2. The summed E-state index contributed by atoms with van der Waals surface area (Å²) < 4.78 is 29.4. The van der Waals surface area contributed by atoms with E-state index in [0.29, 0.717) is 42.5 Å². The number of carbonyl (C=O) groups is 1. The normalized spacial score (nSPS) is 16.3. The van der Waals surface area contributed by atoms with Crippen molar-refractivity contribution in [2.45, 2.75) is 25.2 Å². The average Bonchev–Trinajstić information content (AvgIpc) is 2.85. The minimum atomic E-state index is -3.66. The van der Waals surface area contributed by atoms with Gasteiger partial charge in [0.2, 0.25) is 15.9 Å². The van der Waals surface area contributed by atoms with Crippen LogP contribution >= 0.6 is 11.6 Å². The summed E-state index contributed by atoms with van der Waals surface area (Å²) in [5, 5.41) is 4.80. The largest absolute Gasteiger partial charge is 0.338 e. The summed E-state index contributed by atoms with van der Waals surface area (Å²) in [5.74, 6) is -0.155. The molecule has 156 valence electrons. The molecule has 9 heteroatoms. The second-order valence-corrected chi connectivity index (χ2v) is 9.34. The van der Waals surface area contributed by atoms with Crippen molar-refractivity contribution < 1.29 is 13.2 Å². The first-order valence-electron chi connectivity index (χ1n) is 9.43. The van der Waals surface area contributed by atoms with E-state index in [0.717, 1.165) is 5.56 Å². The summed E-state index contributed by atoms with van der Waals surface area (Å²) in [6.45, 7) is 4.91. The number of sulfonamides is 1. The van der Waals surface area contributed by atoms with Crippen LogP contribution < -0.4 is 0 Å². The van der Waals surface area contributed by atoms with E-state index in [-0.39, 0.29) is 17.3 Å². The minimum Gasteiger partial charge on any atom is -0.338 e. The van der Waals surface area contributed by atoms with Gasteiger partial charge in [-0.1, -0.05) is 29.8 Å². The average molecular weight is 437 g/mol. The number of hydrogen-bond donors (Lipinski definition) is 0. The van der Waals surface area contributed by atoms with Crippen LogP contribution in [0.25, 0.3) is 6.08 Å². The Morgan fingerprint density at radius 2 is 1.86 bits per heavy atom. The Morgan fingerprint density at radius 3 is 2.52 bits per heavy atom. The second-order valence-electron chi connectivity index (χ2n) is 7.06. The quantitative estimate of drug-likeness (QED) is 0.690. The lowest BCUT2D eigenvalue weighted by Crippen LogP contribution is -2.37. The molecule has 0 aliphatic carbocycles. The number of rotatable bonds is 4. The molecule has 0 N–H and O–H groups in total. The van der Waals surface area contributed by atoms with E-state index in [1.165, 1.54) is 10.4 Å². The van der Waals surface area contributed by atoms with Gasteiger partial charge in [-0.3, -0.25) is 9.48 Å². The third-order valence-corrected chi connectivity index (χ3v) is 7.61. The first kappa shape index (κ1) is 21.5. The van der Waals surface area contributed by atoms with Gasteiger partial charge < -0.3 is 4.90 Å². The molecule has 1 aromatic heterocycles. The van der Waals surface area contributed by atoms with E-state index in [1.54, 1.807) is 42.6 Å². The van der Waals surface area contributed by atoms with Crippen LogP contribution in [-0.2, 0) is 21.9 Å². The van der Waals surface area contributed by atoms with Crippen LogP contribution in [0.4, 0.5) is 0 Å². The molecule has 7 nitrogen and oxygen atoms in total. The summed E-state index contributed by atoms with van der Waals surface area (Å²) in [5.41, 5.74) is 1.87. The third kappa shape index (κ3) is 4.55. The molecule has 1 saturated heterocycles. The number of aromatic nitrogens is 2. The van der Waals surface area contributed by atoms with Gasteiger partial charge in [0.25, 0.3) is 0 Å². The van der Waals surface area contributed by atoms with Gasteiger partial charge in [0.15, 0.2) is 0 Å². The van der Waals surface area contributed by atoms with Crippen LogP contribution in [0.15, 0.2) is 35.2 Å². The van der Waals surface area contributed by atoms with E-state index in [1.807, 2.05) is 18.2 Å². The summed E-state index contributed by atoms with van der Waals surface area (Å²) in [6, 6.07) is 7.29. The molecule has 3 rings (SSSR count). The SMILES string of the molecule is Cc1nn(C)c(C)c1S(=O)(=O)N1CCCN(C(=O)C=Cc2ccccc2Cl)CC1. The Balaban J connectivity index is 1.72. The van der Waals surface area contributed by atoms with Gasteiger partial charge >= 0.3 is 0 Å². The molecule has 0 bridgehead atoms. The number of nitrogens with zero attached hydrogens (tertiary/aromatic N) is 4. The van der Waals surface area contributed by atoms with Gasteiger partial charge in [-0.15, -0.1) is 0 Å². The highest BCUT2D eigenvalue weighted by Gasteiger charge is 2.32. The van der Waals surface area contributed by atoms with Gasteiger partial charge in [0.1, 0.15) is 4.90 Å². The van der Waals surface area contributed by atoms with Crippen molar-refractivity contribution in [3.05, 3.63) is 52.3 Å². The van der Waals surface area contributed by atoms with Crippen molar-refractivity contribution in [3.63, 3.8) is 0 Å². The molecular formula is C20H25ClN4O3S. The highest BCUT2D eigenvalue weighted by atomic mass is 35.5. The zero-order chi connectivity index (χ0) is 21.2. The molecule has 0 radical (unpaired) electrons. The van der Waals surface area contributed by atoms with Gasteiger partial charge in [0.05, 0.1) is 11.4 Å². The number of hydrogen-bond acceptors (Lipinski definition) is 4. The lowest BCUT2D eigenvalue weighted by atomic mass is 10.2. The summed E-state index contributed by atoms with van der Waals surface area (Å²) in [7, 11) is -1.93. The third-order valence-electron chi connectivity index (χ3n) is 5.12. The van der Waals surface area contributed by atoms with Gasteiger partial charge in [-0.2, -0.15) is 9.40 Å². The highest BCUT2D eigenvalue weighted by molar-refractivity contribution is 7.89. The molecule has 0 spiro atoms. The molecule has 1 aromatic carbocycles. The van der Waals surface area contributed by atoms with E-state index >= 15 is 0 Å². The molecule has 1 aliphatic rings. The molecule has 1 amide bonds. The Bertz CT molecular complexity index is 1050. The maximum atomic E-state index is 13.2. The van der Waals surface area contributed by atoms with E-state index in [2.05, 4.69) is 5.10 Å². The Kier molecular flexibility index (Phi) is 6.45.